The second-order valence-corrected chi connectivity index (χ2v) is 7.90. The third kappa shape index (κ3) is 4.87. The summed E-state index contributed by atoms with van der Waals surface area (Å²) in [6, 6.07) is 9.46. The Balaban J connectivity index is 1.46. The number of urea groups is 1. The topological polar surface area (TPSA) is 64.7 Å². The SMILES string of the molecule is CC(=O)N(C)c1ccc(NC(=O)NCC(C)N2CCc3sccc3C2)cc1. The lowest BCUT2D eigenvalue weighted by Crippen LogP contribution is -2.45. The summed E-state index contributed by atoms with van der Waals surface area (Å²) in [5, 5.41) is 7.94. The van der Waals surface area contributed by atoms with Crippen LogP contribution in [0.4, 0.5) is 16.2 Å². The summed E-state index contributed by atoms with van der Waals surface area (Å²) in [7, 11) is 1.72. The minimum atomic E-state index is -0.220. The zero-order valence-electron chi connectivity index (χ0n) is 16.0. The van der Waals surface area contributed by atoms with E-state index in [0.29, 0.717) is 12.2 Å². The number of carbonyl (C=O) groups is 2. The molecule has 1 aliphatic rings. The van der Waals surface area contributed by atoms with Crippen LogP contribution in [-0.4, -0.2) is 43.0 Å². The number of rotatable bonds is 5. The molecule has 27 heavy (non-hydrogen) atoms. The largest absolute Gasteiger partial charge is 0.336 e. The van der Waals surface area contributed by atoms with Gasteiger partial charge in [-0.3, -0.25) is 9.69 Å². The Labute approximate surface area is 164 Å². The molecule has 1 aromatic carbocycles. The van der Waals surface area contributed by atoms with E-state index < -0.39 is 0 Å². The molecule has 2 N–H and O–H groups in total. The Morgan fingerprint density at radius 1 is 1.26 bits per heavy atom. The molecule has 0 aliphatic carbocycles. The molecule has 2 aromatic rings. The van der Waals surface area contributed by atoms with Crippen LogP contribution in [0, 0.1) is 0 Å². The molecule has 1 unspecified atom stereocenters. The van der Waals surface area contributed by atoms with Gasteiger partial charge in [0.05, 0.1) is 0 Å². The first kappa shape index (κ1) is 19.4. The Hall–Kier alpha value is -2.38. The van der Waals surface area contributed by atoms with Crippen molar-refractivity contribution in [2.24, 2.45) is 0 Å². The molecule has 0 bridgehead atoms. The first-order chi connectivity index (χ1) is 12.9. The van der Waals surface area contributed by atoms with Crippen molar-refractivity contribution < 1.29 is 9.59 Å². The normalized spacial score (nSPS) is 14.9. The van der Waals surface area contributed by atoms with Gasteiger partial charge in [-0.2, -0.15) is 0 Å². The maximum atomic E-state index is 12.2. The predicted octanol–water partition coefficient (Wildman–Crippen LogP) is 3.30. The summed E-state index contributed by atoms with van der Waals surface area (Å²) in [6.45, 7) is 6.24. The summed E-state index contributed by atoms with van der Waals surface area (Å²) >= 11 is 1.83. The molecule has 0 spiro atoms. The van der Waals surface area contributed by atoms with Gasteiger partial charge in [-0.25, -0.2) is 4.79 Å². The number of benzene rings is 1. The van der Waals surface area contributed by atoms with E-state index in [4.69, 9.17) is 0 Å². The number of nitrogens with one attached hydrogen (secondary N) is 2. The summed E-state index contributed by atoms with van der Waals surface area (Å²) < 4.78 is 0. The second kappa shape index (κ2) is 8.54. The van der Waals surface area contributed by atoms with Crippen LogP contribution in [0.3, 0.4) is 0 Å². The molecule has 3 amide bonds. The van der Waals surface area contributed by atoms with Crippen molar-refractivity contribution in [3.8, 4) is 0 Å². The molecule has 144 valence electrons. The average Bonchev–Trinajstić information content (AvgIpc) is 3.13. The molecule has 2 heterocycles. The highest BCUT2D eigenvalue weighted by Crippen LogP contribution is 2.25. The van der Waals surface area contributed by atoms with Crippen molar-refractivity contribution in [1.82, 2.24) is 10.2 Å². The van der Waals surface area contributed by atoms with Crippen molar-refractivity contribution >= 4 is 34.6 Å². The highest BCUT2D eigenvalue weighted by atomic mass is 32.1. The van der Waals surface area contributed by atoms with E-state index in [1.807, 2.05) is 23.5 Å². The van der Waals surface area contributed by atoms with E-state index in [9.17, 15) is 9.59 Å². The van der Waals surface area contributed by atoms with Crippen LogP contribution in [0.1, 0.15) is 24.3 Å². The van der Waals surface area contributed by atoms with Crippen LogP contribution in [0.15, 0.2) is 35.7 Å². The van der Waals surface area contributed by atoms with Crippen molar-refractivity contribution in [3.05, 3.63) is 46.2 Å². The molecule has 1 aromatic heterocycles. The van der Waals surface area contributed by atoms with Crippen LogP contribution in [0.25, 0.3) is 0 Å². The van der Waals surface area contributed by atoms with E-state index in [1.165, 1.54) is 17.4 Å². The molecule has 0 saturated heterocycles. The second-order valence-electron chi connectivity index (χ2n) is 6.90. The summed E-state index contributed by atoms with van der Waals surface area (Å²) in [4.78, 5) is 29.0. The monoisotopic (exact) mass is 386 g/mol. The molecule has 6 nitrogen and oxygen atoms in total. The maximum absolute atomic E-state index is 12.2. The molecule has 0 radical (unpaired) electrons. The van der Waals surface area contributed by atoms with Gasteiger partial charge < -0.3 is 15.5 Å². The third-order valence-electron chi connectivity index (χ3n) is 5.00. The molecule has 7 heteroatoms. The van der Waals surface area contributed by atoms with Crippen LogP contribution in [-0.2, 0) is 17.8 Å². The van der Waals surface area contributed by atoms with Crippen LogP contribution in [0.2, 0.25) is 0 Å². The number of thiophene rings is 1. The molecule has 0 saturated carbocycles. The standard InChI is InChI=1S/C20H26N4O2S/c1-14(24-10-8-19-16(13-24)9-11-27-19)12-21-20(26)22-17-4-6-18(7-5-17)23(3)15(2)25/h4-7,9,11,14H,8,10,12-13H2,1-3H3,(H2,21,22,26). The molecule has 0 fully saturated rings. The van der Waals surface area contributed by atoms with Gasteiger partial charge in [-0.1, -0.05) is 0 Å². The van der Waals surface area contributed by atoms with Gasteiger partial charge in [0.25, 0.3) is 0 Å². The fourth-order valence-corrected chi connectivity index (χ4v) is 4.03. The highest BCUT2D eigenvalue weighted by Gasteiger charge is 2.21. The number of hydrogen-bond donors (Lipinski definition) is 2. The lowest BCUT2D eigenvalue weighted by Gasteiger charge is -2.32. The number of hydrogen-bond acceptors (Lipinski definition) is 4. The van der Waals surface area contributed by atoms with Crippen LogP contribution < -0.4 is 15.5 Å². The lowest BCUT2D eigenvalue weighted by atomic mass is 10.1. The lowest BCUT2D eigenvalue weighted by molar-refractivity contribution is -0.116. The fraction of sp³-hybridized carbons (Fsp3) is 0.400. The van der Waals surface area contributed by atoms with E-state index in [2.05, 4.69) is 33.9 Å². The first-order valence-electron chi connectivity index (χ1n) is 9.12. The highest BCUT2D eigenvalue weighted by molar-refractivity contribution is 7.10. The molecular weight excluding hydrogens is 360 g/mol. The zero-order valence-corrected chi connectivity index (χ0v) is 16.8. The van der Waals surface area contributed by atoms with Gasteiger partial charge in [-0.15, -0.1) is 11.3 Å². The first-order valence-corrected chi connectivity index (χ1v) is 10.0. The van der Waals surface area contributed by atoms with E-state index >= 15 is 0 Å². The minimum Gasteiger partial charge on any atom is -0.336 e. The van der Waals surface area contributed by atoms with Crippen molar-refractivity contribution in [2.75, 3.05) is 30.4 Å². The van der Waals surface area contributed by atoms with Crippen molar-refractivity contribution in [1.29, 1.82) is 0 Å². The van der Waals surface area contributed by atoms with Gasteiger partial charge >= 0.3 is 6.03 Å². The van der Waals surface area contributed by atoms with Crippen LogP contribution in [0.5, 0.6) is 0 Å². The Morgan fingerprint density at radius 3 is 2.70 bits per heavy atom. The Kier molecular flexibility index (Phi) is 6.13. The molecule has 1 atom stereocenters. The Bertz CT molecular complexity index is 803. The number of carbonyl (C=O) groups excluding carboxylic acids is 2. The van der Waals surface area contributed by atoms with E-state index in [1.54, 1.807) is 24.1 Å². The van der Waals surface area contributed by atoms with Gasteiger partial charge in [0.1, 0.15) is 0 Å². The van der Waals surface area contributed by atoms with Crippen LogP contribution >= 0.6 is 11.3 Å². The number of fused-ring (bicyclic) bond motifs is 1. The molecule has 3 rings (SSSR count). The van der Waals surface area contributed by atoms with Gasteiger partial charge in [0.15, 0.2) is 0 Å². The van der Waals surface area contributed by atoms with Gasteiger partial charge in [-0.05, 0) is 54.6 Å². The average molecular weight is 387 g/mol. The number of amides is 3. The van der Waals surface area contributed by atoms with Crippen molar-refractivity contribution in [2.45, 2.75) is 32.9 Å². The summed E-state index contributed by atoms with van der Waals surface area (Å²) in [5.74, 6) is -0.0327. The smallest absolute Gasteiger partial charge is 0.319 e. The number of nitrogens with zero attached hydrogens (tertiary/aromatic N) is 2. The van der Waals surface area contributed by atoms with E-state index in [-0.39, 0.29) is 18.0 Å². The predicted molar refractivity (Wildman–Crippen MR) is 110 cm³/mol. The van der Waals surface area contributed by atoms with E-state index in [0.717, 1.165) is 25.2 Å². The van der Waals surface area contributed by atoms with Crippen molar-refractivity contribution in [3.63, 3.8) is 0 Å². The van der Waals surface area contributed by atoms with Gasteiger partial charge in [0.2, 0.25) is 5.91 Å². The quantitative estimate of drug-likeness (QED) is 0.829. The fourth-order valence-electron chi connectivity index (χ4n) is 3.14. The molecular formula is C20H26N4O2S. The minimum absolute atomic E-state index is 0.0327. The Morgan fingerprint density at radius 2 is 2.00 bits per heavy atom. The number of anilines is 2. The summed E-state index contributed by atoms with van der Waals surface area (Å²) in [6.07, 6.45) is 1.09. The third-order valence-corrected chi connectivity index (χ3v) is 6.03. The van der Waals surface area contributed by atoms with Gasteiger partial charge in [0, 0.05) is 55.9 Å². The molecule has 1 aliphatic heterocycles. The summed E-state index contributed by atoms with van der Waals surface area (Å²) in [5.41, 5.74) is 2.90. The maximum Gasteiger partial charge on any atom is 0.319 e. The zero-order chi connectivity index (χ0) is 19.4.